The number of rotatable bonds is 10. The highest BCUT2D eigenvalue weighted by Gasteiger charge is 2.22. The number of nitrogens with zero attached hydrogens (tertiary/aromatic N) is 3. The molecule has 0 saturated carbocycles. The molecule has 2 N–H and O–H groups in total. The largest absolute Gasteiger partial charge is 0.389 e. The Bertz CT molecular complexity index is 1120. The van der Waals surface area contributed by atoms with Crippen LogP contribution in [-0.2, 0) is 4.79 Å². The molecule has 2 aromatic heterocycles. The van der Waals surface area contributed by atoms with Gasteiger partial charge in [-0.3, -0.25) is 4.79 Å². The van der Waals surface area contributed by atoms with Gasteiger partial charge in [-0.05, 0) is 55.3 Å². The molecule has 1 atom stereocenters. The average molecular weight is 466 g/mol. The first-order valence-corrected chi connectivity index (χ1v) is 11.1. The molecule has 33 heavy (non-hydrogen) atoms. The Labute approximate surface area is 199 Å². The minimum Gasteiger partial charge on any atom is -0.389 e. The van der Waals surface area contributed by atoms with Crippen LogP contribution < -0.4 is 15.6 Å². The number of carbonyl (C=O) groups excluding carboxylic acids is 1. The summed E-state index contributed by atoms with van der Waals surface area (Å²) in [6.07, 6.45) is 8.56. The molecule has 7 nitrogen and oxygen atoms in total. The SMILES string of the molecule is C=Cc1c(/C(=C\C)C(=O)NC(CCC)c2ccc(ONC)nc2)cnn1-c1ccc(Cl)cc1. The summed E-state index contributed by atoms with van der Waals surface area (Å²) >= 11 is 6.01. The van der Waals surface area contributed by atoms with Crippen molar-refractivity contribution in [1.29, 1.82) is 0 Å². The van der Waals surface area contributed by atoms with E-state index < -0.39 is 0 Å². The molecule has 1 amide bonds. The maximum absolute atomic E-state index is 13.3. The maximum Gasteiger partial charge on any atom is 0.252 e. The summed E-state index contributed by atoms with van der Waals surface area (Å²) in [6.45, 7) is 7.85. The quantitative estimate of drug-likeness (QED) is 0.320. The number of nitrogens with one attached hydrogen (secondary N) is 2. The van der Waals surface area contributed by atoms with Gasteiger partial charge in [-0.1, -0.05) is 37.6 Å². The van der Waals surface area contributed by atoms with E-state index in [0.29, 0.717) is 22.0 Å². The van der Waals surface area contributed by atoms with Crippen molar-refractivity contribution < 1.29 is 9.63 Å². The molecule has 2 heterocycles. The lowest BCUT2D eigenvalue weighted by atomic mass is 10.0. The highest BCUT2D eigenvalue weighted by molar-refractivity contribution is 6.30. The average Bonchev–Trinajstić information content (AvgIpc) is 3.24. The lowest BCUT2D eigenvalue weighted by molar-refractivity contribution is -0.116. The summed E-state index contributed by atoms with van der Waals surface area (Å²) < 4.78 is 1.74. The first kappa shape index (κ1) is 24.2. The summed E-state index contributed by atoms with van der Waals surface area (Å²) in [5.74, 6) is 0.271. The number of hydrogen-bond acceptors (Lipinski definition) is 5. The van der Waals surface area contributed by atoms with Crippen molar-refractivity contribution in [3.05, 3.63) is 83.3 Å². The van der Waals surface area contributed by atoms with Crippen molar-refractivity contribution in [2.75, 3.05) is 7.05 Å². The van der Waals surface area contributed by atoms with Gasteiger partial charge < -0.3 is 10.2 Å². The van der Waals surface area contributed by atoms with Gasteiger partial charge in [0.15, 0.2) is 0 Å². The van der Waals surface area contributed by atoms with E-state index >= 15 is 0 Å². The molecule has 1 aromatic carbocycles. The maximum atomic E-state index is 13.3. The first-order valence-electron chi connectivity index (χ1n) is 10.8. The number of amides is 1. The van der Waals surface area contributed by atoms with Gasteiger partial charge in [0.1, 0.15) is 0 Å². The van der Waals surface area contributed by atoms with Crippen molar-refractivity contribution in [3.63, 3.8) is 0 Å². The van der Waals surface area contributed by atoms with Crippen molar-refractivity contribution >= 4 is 29.2 Å². The van der Waals surface area contributed by atoms with Crippen molar-refractivity contribution in [2.45, 2.75) is 32.7 Å². The number of hydrogen-bond donors (Lipinski definition) is 2. The third kappa shape index (κ3) is 5.69. The van der Waals surface area contributed by atoms with E-state index in [1.807, 2.05) is 25.1 Å². The van der Waals surface area contributed by atoms with Gasteiger partial charge in [0, 0.05) is 35.5 Å². The molecule has 3 aromatic rings. The van der Waals surface area contributed by atoms with E-state index in [-0.39, 0.29) is 11.9 Å². The minimum absolute atomic E-state index is 0.188. The first-order chi connectivity index (χ1) is 16.0. The highest BCUT2D eigenvalue weighted by Crippen LogP contribution is 2.26. The summed E-state index contributed by atoms with van der Waals surface area (Å²) in [4.78, 5) is 22.8. The molecule has 0 radical (unpaired) electrons. The molecular weight excluding hydrogens is 438 g/mol. The van der Waals surface area contributed by atoms with Crippen molar-refractivity contribution in [1.82, 2.24) is 25.6 Å². The summed E-state index contributed by atoms with van der Waals surface area (Å²) in [5.41, 5.74) is 6.28. The molecule has 3 rings (SSSR count). The highest BCUT2D eigenvalue weighted by atomic mass is 35.5. The molecule has 0 fully saturated rings. The predicted octanol–water partition coefficient (Wildman–Crippen LogP) is 5.14. The van der Waals surface area contributed by atoms with E-state index in [0.717, 1.165) is 29.8 Å². The van der Waals surface area contributed by atoms with Crippen molar-refractivity contribution in [2.24, 2.45) is 0 Å². The van der Waals surface area contributed by atoms with Crippen LogP contribution in [0.25, 0.3) is 17.3 Å². The Morgan fingerprint density at radius 2 is 2.00 bits per heavy atom. The van der Waals surface area contributed by atoms with Crippen LogP contribution >= 0.6 is 11.6 Å². The van der Waals surface area contributed by atoms with Gasteiger partial charge >= 0.3 is 0 Å². The fourth-order valence-electron chi connectivity index (χ4n) is 3.57. The summed E-state index contributed by atoms with van der Waals surface area (Å²) in [5, 5.41) is 8.28. The van der Waals surface area contributed by atoms with Gasteiger partial charge in [-0.15, -0.1) is 0 Å². The molecule has 0 saturated heterocycles. The number of halogens is 1. The minimum atomic E-state index is -0.190. The number of carbonyl (C=O) groups is 1. The Balaban J connectivity index is 1.87. The Morgan fingerprint density at radius 3 is 2.58 bits per heavy atom. The van der Waals surface area contributed by atoms with Crippen LogP contribution in [0.3, 0.4) is 0 Å². The van der Waals surface area contributed by atoms with E-state index in [2.05, 4.69) is 34.4 Å². The zero-order valence-corrected chi connectivity index (χ0v) is 19.8. The Hall–Kier alpha value is -3.42. The van der Waals surface area contributed by atoms with Gasteiger partial charge in [0.05, 0.1) is 23.6 Å². The van der Waals surface area contributed by atoms with Crippen LogP contribution in [0.1, 0.15) is 49.6 Å². The molecule has 0 bridgehead atoms. The number of benzene rings is 1. The second kappa shape index (κ2) is 11.4. The fraction of sp³-hybridized carbons (Fsp3) is 0.240. The molecule has 0 aliphatic rings. The molecule has 8 heteroatoms. The van der Waals surface area contributed by atoms with Crippen molar-refractivity contribution in [3.8, 4) is 11.6 Å². The molecule has 0 aliphatic heterocycles. The number of hydroxylamine groups is 1. The monoisotopic (exact) mass is 465 g/mol. The van der Waals surface area contributed by atoms with E-state index in [1.54, 1.807) is 54.5 Å². The second-order valence-electron chi connectivity index (χ2n) is 7.29. The Kier molecular flexibility index (Phi) is 8.40. The van der Waals surface area contributed by atoms with Crippen LogP contribution in [0.2, 0.25) is 5.02 Å². The van der Waals surface area contributed by atoms with E-state index in [1.165, 1.54) is 0 Å². The molecule has 0 spiro atoms. The zero-order valence-electron chi connectivity index (χ0n) is 19.0. The topological polar surface area (TPSA) is 81.1 Å². The van der Waals surface area contributed by atoms with Crippen LogP contribution in [0.4, 0.5) is 0 Å². The smallest absolute Gasteiger partial charge is 0.252 e. The Morgan fingerprint density at radius 1 is 1.24 bits per heavy atom. The predicted molar refractivity (Wildman–Crippen MR) is 132 cm³/mol. The standard InChI is InChI=1S/C25H28ClN5O2/c1-5-8-22(17-9-14-24(28-15-17)33-27-4)30-25(32)20(6-2)21-16-29-31(23(21)7-3)19-12-10-18(26)11-13-19/h6-7,9-16,22,27H,3,5,8H2,1-2,4H3,(H,30,32)/b20-6+. The lowest BCUT2D eigenvalue weighted by Gasteiger charge is -2.20. The number of pyridine rings is 1. The van der Waals surface area contributed by atoms with Gasteiger partial charge in [0.2, 0.25) is 5.88 Å². The van der Waals surface area contributed by atoms with Gasteiger partial charge in [-0.2, -0.15) is 10.6 Å². The fourth-order valence-corrected chi connectivity index (χ4v) is 3.69. The molecule has 172 valence electrons. The number of aromatic nitrogens is 3. The van der Waals surface area contributed by atoms with E-state index in [4.69, 9.17) is 16.4 Å². The van der Waals surface area contributed by atoms with Gasteiger partial charge in [0.25, 0.3) is 5.91 Å². The molecule has 1 unspecified atom stereocenters. The zero-order chi connectivity index (χ0) is 23.8. The second-order valence-corrected chi connectivity index (χ2v) is 7.73. The summed E-state index contributed by atoms with van der Waals surface area (Å²) in [6, 6.07) is 10.8. The van der Waals surface area contributed by atoms with Crippen LogP contribution in [-0.4, -0.2) is 27.7 Å². The summed E-state index contributed by atoms with van der Waals surface area (Å²) in [7, 11) is 1.67. The van der Waals surface area contributed by atoms with Gasteiger partial charge in [-0.25, -0.2) is 9.67 Å². The lowest BCUT2D eigenvalue weighted by Crippen LogP contribution is -2.29. The van der Waals surface area contributed by atoms with E-state index in [9.17, 15) is 4.79 Å². The molecule has 0 aliphatic carbocycles. The third-order valence-corrected chi connectivity index (χ3v) is 5.40. The third-order valence-electron chi connectivity index (χ3n) is 5.15. The number of allylic oxidation sites excluding steroid dienone is 1. The van der Waals surface area contributed by atoms with Crippen LogP contribution in [0.15, 0.2) is 61.4 Å². The molecular formula is C25H28ClN5O2. The van der Waals surface area contributed by atoms with Crippen LogP contribution in [0.5, 0.6) is 5.88 Å². The van der Waals surface area contributed by atoms with Crippen LogP contribution in [0, 0.1) is 0 Å². The normalized spacial score (nSPS) is 12.3.